The predicted octanol–water partition coefficient (Wildman–Crippen LogP) is 7.20. The van der Waals surface area contributed by atoms with Gasteiger partial charge in [0.15, 0.2) is 0 Å². The SMILES string of the molecule is c1cncc(-c2cccc3c2C2(Cc4ccccc4OC3)c3ccccc3-c3ccccc32)c1. The van der Waals surface area contributed by atoms with Crippen LogP contribution in [0.5, 0.6) is 5.75 Å². The quantitative estimate of drug-likeness (QED) is 0.277. The Kier molecular flexibility index (Phi) is 4.22. The zero-order valence-corrected chi connectivity index (χ0v) is 18.7. The third kappa shape index (κ3) is 2.66. The van der Waals surface area contributed by atoms with Crippen LogP contribution < -0.4 is 4.74 Å². The van der Waals surface area contributed by atoms with Crippen LogP contribution >= 0.6 is 0 Å². The average molecular weight is 438 g/mol. The van der Waals surface area contributed by atoms with Gasteiger partial charge in [0.25, 0.3) is 0 Å². The Morgan fingerprint density at radius 3 is 2.06 bits per heavy atom. The highest BCUT2D eigenvalue weighted by atomic mass is 16.5. The topological polar surface area (TPSA) is 22.1 Å². The molecular formula is C32H23NO. The molecule has 0 saturated heterocycles. The molecule has 2 heterocycles. The molecule has 0 unspecified atom stereocenters. The van der Waals surface area contributed by atoms with Gasteiger partial charge in [-0.2, -0.15) is 0 Å². The van der Waals surface area contributed by atoms with Crippen molar-refractivity contribution in [3.63, 3.8) is 0 Å². The number of nitrogens with zero attached hydrogens (tertiary/aromatic N) is 1. The van der Waals surface area contributed by atoms with Gasteiger partial charge in [-0.3, -0.25) is 4.98 Å². The number of hydrogen-bond acceptors (Lipinski definition) is 2. The lowest BCUT2D eigenvalue weighted by molar-refractivity contribution is 0.294. The minimum Gasteiger partial charge on any atom is -0.489 e. The van der Waals surface area contributed by atoms with Crippen LogP contribution in [0.4, 0.5) is 0 Å². The van der Waals surface area contributed by atoms with Gasteiger partial charge < -0.3 is 4.74 Å². The van der Waals surface area contributed by atoms with Gasteiger partial charge in [-0.15, -0.1) is 0 Å². The summed E-state index contributed by atoms with van der Waals surface area (Å²) in [6.45, 7) is 0.534. The monoisotopic (exact) mass is 437 g/mol. The molecule has 2 aliphatic rings. The Morgan fingerprint density at radius 2 is 1.29 bits per heavy atom. The molecule has 5 aromatic rings. The maximum Gasteiger partial charge on any atom is 0.123 e. The molecule has 7 rings (SSSR count). The van der Waals surface area contributed by atoms with Crippen molar-refractivity contribution in [2.45, 2.75) is 18.4 Å². The number of ether oxygens (including phenoxy) is 1. The van der Waals surface area contributed by atoms with E-state index in [2.05, 4.69) is 102 Å². The summed E-state index contributed by atoms with van der Waals surface area (Å²) in [7, 11) is 0. The van der Waals surface area contributed by atoms with E-state index in [4.69, 9.17) is 4.74 Å². The third-order valence-electron chi connectivity index (χ3n) is 7.43. The second-order valence-corrected chi connectivity index (χ2v) is 9.15. The number of aromatic nitrogens is 1. The van der Waals surface area contributed by atoms with E-state index >= 15 is 0 Å². The molecule has 0 fully saturated rings. The maximum absolute atomic E-state index is 6.41. The fourth-order valence-corrected chi connectivity index (χ4v) is 6.09. The molecule has 1 spiro atoms. The van der Waals surface area contributed by atoms with Crippen molar-refractivity contribution in [3.05, 3.63) is 143 Å². The van der Waals surface area contributed by atoms with Gasteiger partial charge in [0, 0.05) is 18.0 Å². The minimum absolute atomic E-state index is 0.325. The first-order valence-corrected chi connectivity index (χ1v) is 11.8. The number of para-hydroxylation sites is 1. The van der Waals surface area contributed by atoms with E-state index in [9.17, 15) is 0 Å². The van der Waals surface area contributed by atoms with E-state index in [1.807, 2.05) is 18.5 Å². The molecule has 0 atom stereocenters. The molecule has 1 aromatic heterocycles. The molecule has 1 aliphatic carbocycles. The predicted molar refractivity (Wildman–Crippen MR) is 136 cm³/mol. The standard InChI is InChI=1S/C32H23NO/c1-6-17-30-22(9-1)19-32(28-15-4-2-12-26(28)27-13-3-5-16-29(27)32)31-24(21-34-30)10-7-14-25(31)23-11-8-18-33-20-23/h1-18,20H,19,21H2. The van der Waals surface area contributed by atoms with Gasteiger partial charge in [0.05, 0.1) is 5.41 Å². The average Bonchev–Trinajstić information content (AvgIpc) is 3.18. The Hall–Kier alpha value is -4.17. The first-order chi connectivity index (χ1) is 16.9. The Bertz CT molecular complexity index is 1490. The number of hydrogen-bond donors (Lipinski definition) is 0. The highest BCUT2D eigenvalue weighted by molar-refractivity contribution is 5.87. The molecule has 1 aliphatic heterocycles. The van der Waals surface area contributed by atoms with Crippen LogP contribution in [0.15, 0.2) is 116 Å². The van der Waals surface area contributed by atoms with Crippen LogP contribution in [0.25, 0.3) is 22.3 Å². The smallest absolute Gasteiger partial charge is 0.123 e. The summed E-state index contributed by atoms with van der Waals surface area (Å²) < 4.78 is 6.41. The van der Waals surface area contributed by atoms with Crippen molar-refractivity contribution in [2.75, 3.05) is 0 Å². The number of pyridine rings is 1. The largest absolute Gasteiger partial charge is 0.489 e. The van der Waals surface area contributed by atoms with Crippen molar-refractivity contribution in [3.8, 4) is 28.0 Å². The van der Waals surface area contributed by atoms with Crippen LogP contribution in [0.1, 0.15) is 27.8 Å². The summed E-state index contributed by atoms with van der Waals surface area (Å²) in [5.74, 6) is 0.973. The zero-order valence-electron chi connectivity index (χ0n) is 18.7. The van der Waals surface area contributed by atoms with E-state index < -0.39 is 0 Å². The second-order valence-electron chi connectivity index (χ2n) is 9.15. The van der Waals surface area contributed by atoms with Crippen LogP contribution in [0.3, 0.4) is 0 Å². The van der Waals surface area contributed by atoms with E-state index in [1.165, 1.54) is 44.5 Å². The highest BCUT2D eigenvalue weighted by Crippen LogP contribution is 2.57. The lowest BCUT2D eigenvalue weighted by Gasteiger charge is -2.38. The minimum atomic E-state index is -0.325. The lowest BCUT2D eigenvalue weighted by Crippen LogP contribution is -2.33. The van der Waals surface area contributed by atoms with Crippen molar-refractivity contribution < 1.29 is 4.74 Å². The highest BCUT2D eigenvalue weighted by Gasteiger charge is 2.47. The van der Waals surface area contributed by atoms with Crippen molar-refractivity contribution in [2.24, 2.45) is 0 Å². The summed E-state index contributed by atoms with van der Waals surface area (Å²) in [5, 5.41) is 0. The van der Waals surface area contributed by atoms with Crippen molar-refractivity contribution in [1.82, 2.24) is 4.98 Å². The molecule has 0 bridgehead atoms. The second kappa shape index (κ2) is 7.43. The number of rotatable bonds is 1. The molecule has 162 valence electrons. The normalized spacial score (nSPS) is 14.7. The van der Waals surface area contributed by atoms with E-state index in [0.29, 0.717) is 6.61 Å². The van der Waals surface area contributed by atoms with Gasteiger partial charge in [0.1, 0.15) is 12.4 Å². The van der Waals surface area contributed by atoms with Crippen LogP contribution in [-0.4, -0.2) is 4.98 Å². The van der Waals surface area contributed by atoms with Gasteiger partial charge in [0.2, 0.25) is 0 Å². The fraction of sp³-hybridized carbons (Fsp3) is 0.0938. The first-order valence-electron chi connectivity index (χ1n) is 11.8. The van der Waals surface area contributed by atoms with Gasteiger partial charge in [-0.1, -0.05) is 91.0 Å². The molecule has 0 N–H and O–H groups in total. The lowest BCUT2D eigenvalue weighted by atomic mass is 9.65. The third-order valence-corrected chi connectivity index (χ3v) is 7.43. The summed E-state index contributed by atoms with van der Waals surface area (Å²) >= 11 is 0. The van der Waals surface area contributed by atoms with Gasteiger partial charge in [-0.25, -0.2) is 0 Å². The van der Waals surface area contributed by atoms with Crippen molar-refractivity contribution in [1.29, 1.82) is 0 Å². The van der Waals surface area contributed by atoms with Crippen molar-refractivity contribution >= 4 is 0 Å². The molecule has 2 heteroatoms. The van der Waals surface area contributed by atoms with Gasteiger partial charge in [-0.05, 0) is 63.1 Å². The summed E-state index contributed by atoms with van der Waals surface area (Å²) in [4.78, 5) is 4.46. The van der Waals surface area contributed by atoms with Crippen LogP contribution in [0.2, 0.25) is 0 Å². The van der Waals surface area contributed by atoms with Crippen LogP contribution in [-0.2, 0) is 18.4 Å². The summed E-state index contributed by atoms with van der Waals surface area (Å²) in [6, 6.07) is 37.2. The fourth-order valence-electron chi connectivity index (χ4n) is 6.09. The molecule has 4 aromatic carbocycles. The number of benzene rings is 4. The van der Waals surface area contributed by atoms with E-state index in [-0.39, 0.29) is 5.41 Å². The molecule has 2 nitrogen and oxygen atoms in total. The molecular weight excluding hydrogens is 414 g/mol. The number of fused-ring (bicyclic) bond motifs is 8. The van der Waals surface area contributed by atoms with E-state index in [0.717, 1.165) is 17.7 Å². The van der Waals surface area contributed by atoms with Crippen LogP contribution in [0, 0.1) is 0 Å². The summed E-state index contributed by atoms with van der Waals surface area (Å²) in [5.41, 5.74) is 11.2. The molecule has 0 radical (unpaired) electrons. The molecule has 0 saturated carbocycles. The Morgan fingerprint density at radius 1 is 0.618 bits per heavy atom. The zero-order chi connectivity index (χ0) is 22.5. The maximum atomic E-state index is 6.41. The molecule has 0 amide bonds. The molecule has 34 heavy (non-hydrogen) atoms. The first kappa shape index (κ1) is 19.3. The van der Waals surface area contributed by atoms with E-state index in [1.54, 1.807) is 0 Å². The van der Waals surface area contributed by atoms with Gasteiger partial charge >= 0.3 is 0 Å². The summed E-state index contributed by atoms with van der Waals surface area (Å²) in [6.07, 6.45) is 4.65. The Labute approximate surface area is 199 Å². The Balaban J connectivity index is 1.65.